The topological polar surface area (TPSA) is 76.1 Å². The number of carbonyl (C=O) groups excluding carboxylic acids is 1. The Kier molecular flexibility index (Phi) is 3.87. The molecule has 0 radical (unpaired) electrons. The van der Waals surface area contributed by atoms with Gasteiger partial charge in [-0.25, -0.2) is 9.78 Å². The van der Waals surface area contributed by atoms with E-state index in [2.05, 4.69) is 25.3 Å². The molecule has 2 rings (SSSR count). The van der Waals surface area contributed by atoms with Crippen LogP contribution in [0.4, 0.5) is 5.82 Å². The summed E-state index contributed by atoms with van der Waals surface area (Å²) in [4.78, 5) is 19.4. The van der Waals surface area contributed by atoms with Gasteiger partial charge in [-0.3, -0.25) is 4.98 Å². The molecule has 0 saturated carbocycles. The summed E-state index contributed by atoms with van der Waals surface area (Å²) in [5, 5.41) is 6.48. The fraction of sp³-hybridized carbons (Fsp3) is 0.545. The number of esters is 1. The third kappa shape index (κ3) is 3.13. The van der Waals surface area contributed by atoms with Crippen molar-refractivity contribution in [3.05, 3.63) is 18.1 Å². The molecule has 0 aromatic carbocycles. The molecule has 6 nitrogen and oxygen atoms in total. The van der Waals surface area contributed by atoms with Crippen molar-refractivity contribution >= 4 is 11.8 Å². The number of anilines is 1. The van der Waals surface area contributed by atoms with E-state index >= 15 is 0 Å². The van der Waals surface area contributed by atoms with Crippen molar-refractivity contribution in [3.8, 4) is 0 Å². The quantitative estimate of drug-likeness (QED) is 0.731. The van der Waals surface area contributed by atoms with Gasteiger partial charge >= 0.3 is 5.97 Å². The molecule has 1 unspecified atom stereocenters. The Morgan fingerprint density at radius 2 is 2.53 bits per heavy atom. The van der Waals surface area contributed by atoms with Gasteiger partial charge in [0, 0.05) is 6.54 Å². The molecule has 2 heterocycles. The van der Waals surface area contributed by atoms with E-state index in [4.69, 9.17) is 0 Å². The number of carbonyl (C=O) groups is 1. The predicted octanol–water partition coefficient (Wildman–Crippen LogP) is 0.285. The lowest BCUT2D eigenvalue weighted by molar-refractivity contribution is 0.0593. The zero-order chi connectivity index (χ0) is 12.1. The van der Waals surface area contributed by atoms with Crippen molar-refractivity contribution in [1.82, 2.24) is 15.3 Å². The molecule has 0 aliphatic carbocycles. The lowest BCUT2D eigenvalue weighted by Gasteiger charge is -2.10. The SMILES string of the molecule is COC(=O)c1cncc(NCC2CCNC2)n1. The summed E-state index contributed by atoms with van der Waals surface area (Å²) in [6.07, 6.45) is 4.17. The van der Waals surface area contributed by atoms with E-state index in [0.717, 1.165) is 26.1 Å². The van der Waals surface area contributed by atoms with Gasteiger partial charge in [0.15, 0.2) is 5.69 Å². The Balaban J connectivity index is 1.93. The zero-order valence-electron chi connectivity index (χ0n) is 9.77. The van der Waals surface area contributed by atoms with Crippen LogP contribution in [-0.4, -0.2) is 42.7 Å². The van der Waals surface area contributed by atoms with E-state index in [0.29, 0.717) is 11.7 Å². The average molecular weight is 236 g/mol. The van der Waals surface area contributed by atoms with Crippen LogP contribution in [0.3, 0.4) is 0 Å². The maximum absolute atomic E-state index is 11.3. The Bertz CT molecular complexity index is 391. The number of methoxy groups -OCH3 is 1. The number of ether oxygens (including phenoxy) is 1. The minimum absolute atomic E-state index is 0.224. The first-order valence-electron chi connectivity index (χ1n) is 5.64. The van der Waals surface area contributed by atoms with Crippen molar-refractivity contribution in [3.63, 3.8) is 0 Å². The van der Waals surface area contributed by atoms with E-state index in [1.165, 1.54) is 13.3 Å². The highest BCUT2D eigenvalue weighted by Gasteiger charge is 2.14. The Morgan fingerprint density at radius 1 is 1.65 bits per heavy atom. The summed E-state index contributed by atoms with van der Waals surface area (Å²) in [5.41, 5.74) is 0.224. The van der Waals surface area contributed by atoms with Gasteiger partial charge in [0.25, 0.3) is 0 Å². The highest BCUT2D eigenvalue weighted by Crippen LogP contribution is 2.09. The van der Waals surface area contributed by atoms with E-state index in [-0.39, 0.29) is 5.69 Å². The van der Waals surface area contributed by atoms with Crippen LogP contribution in [0.2, 0.25) is 0 Å². The van der Waals surface area contributed by atoms with E-state index in [1.54, 1.807) is 6.20 Å². The largest absolute Gasteiger partial charge is 0.464 e. The second kappa shape index (κ2) is 5.58. The van der Waals surface area contributed by atoms with Crippen molar-refractivity contribution < 1.29 is 9.53 Å². The minimum Gasteiger partial charge on any atom is -0.464 e. The van der Waals surface area contributed by atoms with Crippen LogP contribution in [0.5, 0.6) is 0 Å². The molecule has 1 fully saturated rings. The maximum atomic E-state index is 11.3. The summed E-state index contributed by atoms with van der Waals surface area (Å²) >= 11 is 0. The standard InChI is InChI=1S/C11H16N4O2/c1-17-11(16)9-6-13-7-10(15-9)14-5-8-2-3-12-4-8/h6-8,12H,2-5H2,1H3,(H,14,15). The van der Waals surface area contributed by atoms with Crippen LogP contribution in [0.1, 0.15) is 16.9 Å². The molecule has 92 valence electrons. The number of hydrogen-bond donors (Lipinski definition) is 2. The summed E-state index contributed by atoms with van der Waals surface area (Å²) in [5.74, 6) is 0.752. The van der Waals surface area contributed by atoms with Crippen molar-refractivity contribution in [2.24, 2.45) is 5.92 Å². The summed E-state index contributed by atoms with van der Waals surface area (Å²) in [6, 6.07) is 0. The molecule has 1 atom stereocenters. The van der Waals surface area contributed by atoms with Gasteiger partial charge in [0.05, 0.1) is 19.5 Å². The van der Waals surface area contributed by atoms with Crippen LogP contribution >= 0.6 is 0 Å². The maximum Gasteiger partial charge on any atom is 0.358 e. The number of rotatable bonds is 4. The van der Waals surface area contributed by atoms with Gasteiger partial charge in [-0.1, -0.05) is 0 Å². The molecular weight excluding hydrogens is 220 g/mol. The molecule has 1 aromatic rings. The Morgan fingerprint density at radius 3 is 3.24 bits per heavy atom. The number of aromatic nitrogens is 2. The number of nitrogens with one attached hydrogen (secondary N) is 2. The molecule has 1 aliphatic heterocycles. The molecule has 1 aliphatic rings. The number of hydrogen-bond acceptors (Lipinski definition) is 6. The first-order chi connectivity index (χ1) is 8.29. The Hall–Kier alpha value is -1.69. The molecule has 2 N–H and O–H groups in total. The third-order valence-electron chi connectivity index (χ3n) is 2.76. The van der Waals surface area contributed by atoms with Crippen LogP contribution in [0, 0.1) is 5.92 Å². The van der Waals surface area contributed by atoms with Crippen LogP contribution in [0.25, 0.3) is 0 Å². The smallest absolute Gasteiger partial charge is 0.358 e. The van der Waals surface area contributed by atoms with Crippen molar-refractivity contribution in [2.75, 3.05) is 32.1 Å². The van der Waals surface area contributed by atoms with Gasteiger partial charge in [-0.15, -0.1) is 0 Å². The van der Waals surface area contributed by atoms with Crippen LogP contribution < -0.4 is 10.6 Å². The second-order valence-corrected chi connectivity index (χ2v) is 4.02. The number of nitrogens with zero attached hydrogens (tertiary/aromatic N) is 2. The average Bonchev–Trinajstić information content (AvgIpc) is 2.89. The van der Waals surface area contributed by atoms with E-state index in [9.17, 15) is 4.79 Å². The van der Waals surface area contributed by atoms with Gasteiger partial charge in [0.1, 0.15) is 5.82 Å². The van der Waals surface area contributed by atoms with Crippen molar-refractivity contribution in [1.29, 1.82) is 0 Å². The van der Waals surface area contributed by atoms with Gasteiger partial charge in [-0.05, 0) is 25.4 Å². The van der Waals surface area contributed by atoms with Crippen LogP contribution in [-0.2, 0) is 4.74 Å². The predicted molar refractivity (Wildman–Crippen MR) is 62.8 cm³/mol. The lowest BCUT2D eigenvalue weighted by atomic mass is 10.1. The summed E-state index contributed by atoms with van der Waals surface area (Å²) in [7, 11) is 1.33. The van der Waals surface area contributed by atoms with Gasteiger partial charge in [0.2, 0.25) is 0 Å². The molecule has 6 heteroatoms. The first kappa shape index (κ1) is 11.8. The normalized spacial score (nSPS) is 19.0. The molecule has 1 aromatic heterocycles. The molecule has 0 bridgehead atoms. The first-order valence-corrected chi connectivity index (χ1v) is 5.64. The molecule has 0 amide bonds. The highest BCUT2D eigenvalue weighted by molar-refractivity contribution is 5.87. The van der Waals surface area contributed by atoms with E-state index in [1.807, 2.05) is 0 Å². The molecule has 0 spiro atoms. The van der Waals surface area contributed by atoms with Gasteiger partial charge in [-0.2, -0.15) is 0 Å². The fourth-order valence-corrected chi connectivity index (χ4v) is 1.79. The lowest BCUT2D eigenvalue weighted by Crippen LogP contribution is -2.18. The minimum atomic E-state index is -0.469. The second-order valence-electron chi connectivity index (χ2n) is 4.02. The van der Waals surface area contributed by atoms with E-state index < -0.39 is 5.97 Å². The Labute approximate surface area is 99.8 Å². The summed E-state index contributed by atoms with van der Waals surface area (Å²) < 4.78 is 4.59. The highest BCUT2D eigenvalue weighted by atomic mass is 16.5. The zero-order valence-corrected chi connectivity index (χ0v) is 9.77. The third-order valence-corrected chi connectivity index (χ3v) is 2.76. The van der Waals surface area contributed by atoms with Crippen molar-refractivity contribution in [2.45, 2.75) is 6.42 Å². The summed E-state index contributed by atoms with van der Waals surface area (Å²) in [6.45, 7) is 2.93. The van der Waals surface area contributed by atoms with Gasteiger partial charge < -0.3 is 15.4 Å². The monoisotopic (exact) mass is 236 g/mol. The molecular formula is C11H16N4O2. The molecule has 1 saturated heterocycles. The van der Waals surface area contributed by atoms with Crippen LogP contribution in [0.15, 0.2) is 12.4 Å². The molecule has 17 heavy (non-hydrogen) atoms. The fourth-order valence-electron chi connectivity index (χ4n) is 1.79.